The first-order chi connectivity index (χ1) is 10.1. The normalized spacial score (nSPS) is 12.0. The fraction of sp³-hybridized carbons (Fsp3) is 0.353. The number of nitrogens with one attached hydrogen (secondary N) is 2. The summed E-state index contributed by atoms with van der Waals surface area (Å²) in [6.45, 7) is 7.07. The maximum Gasteiger partial charge on any atom is 0.251 e. The molecule has 0 aliphatic carbocycles. The lowest BCUT2D eigenvalue weighted by Gasteiger charge is -2.13. The molecule has 0 saturated heterocycles. The van der Waals surface area contributed by atoms with Gasteiger partial charge in [0.05, 0.1) is 0 Å². The number of hydrogen-bond donors (Lipinski definition) is 2. The first-order valence-corrected chi connectivity index (χ1v) is 8.10. The van der Waals surface area contributed by atoms with E-state index >= 15 is 0 Å². The van der Waals surface area contributed by atoms with Crippen LogP contribution in [0.25, 0.3) is 0 Å². The highest BCUT2D eigenvalue weighted by molar-refractivity contribution is 7.11. The smallest absolute Gasteiger partial charge is 0.251 e. The molecule has 0 saturated carbocycles. The number of rotatable bonds is 6. The molecule has 0 aliphatic rings. The SMILES string of the molecule is CCNc1ccc(C(=O)NC(C)Cc2ccc(C)s2)cc1. The van der Waals surface area contributed by atoms with Crippen molar-refractivity contribution in [3.63, 3.8) is 0 Å². The second-order valence-electron chi connectivity index (χ2n) is 5.20. The number of anilines is 1. The quantitative estimate of drug-likeness (QED) is 0.851. The molecule has 1 aromatic heterocycles. The van der Waals surface area contributed by atoms with Gasteiger partial charge in [-0.2, -0.15) is 0 Å². The summed E-state index contributed by atoms with van der Waals surface area (Å²) < 4.78 is 0. The van der Waals surface area contributed by atoms with E-state index in [1.807, 2.05) is 31.2 Å². The summed E-state index contributed by atoms with van der Waals surface area (Å²) in [6.07, 6.45) is 0.875. The average molecular weight is 302 g/mol. The molecule has 0 spiro atoms. The predicted octanol–water partition coefficient (Wildman–Crippen LogP) is 3.85. The maximum atomic E-state index is 12.2. The third kappa shape index (κ3) is 4.60. The van der Waals surface area contributed by atoms with Crippen molar-refractivity contribution in [1.82, 2.24) is 5.32 Å². The van der Waals surface area contributed by atoms with Crippen molar-refractivity contribution in [3.8, 4) is 0 Å². The minimum Gasteiger partial charge on any atom is -0.385 e. The summed E-state index contributed by atoms with van der Waals surface area (Å²) in [5.41, 5.74) is 1.74. The molecule has 0 radical (unpaired) electrons. The molecular formula is C17H22N2OS. The van der Waals surface area contributed by atoms with Crippen LogP contribution in [0.1, 0.15) is 34.0 Å². The zero-order valence-electron chi connectivity index (χ0n) is 12.8. The van der Waals surface area contributed by atoms with Crippen LogP contribution in [0.4, 0.5) is 5.69 Å². The standard InChI is InChI=1S/C17H22N2OS/c1-4-18-15-8-6-14(7-9-15)17(20)19-12(2)11-16-10-5-13(3)21-16/h5-10,12,18H,4,11H2,1-3H3,(H,19,20). The first-order valence-electron chi connectivity index (χ1n) is 7.28. The van der Waals surface area contributed by atoms with Gasteiger partial charge in [0, 0.05) is 40.0 Å². The van der Waals surface area contributed by atoms with Crippen LogP contribution in [-0.2, 0) is 6.42 Å². The van der Waals surface area contributed by atoms with Gasteiger partial charge in [-0.15, -0.1) is 11.3 Å². The third-order valence-corrected chi connectivity index (χ3v) is 4.23. The Morgan fingerprint density at radius 2 is 1.90 bits per heavy atom. The fourth-order valence-electron chi connectivity index (χ4n) is 2.20. The third-order valence-electron chi connectivity index (χ3n) is 3.21. The maximum absolute atomic E-state index is 12.2. The number of benzene rings is 1. The molecule has 2 rings (SSSR count). The van der Waals surface area contributed by atoms with Gasteiger partial charge < -0.3 is 10.6 Å². The number of carbonyl (C=O) groups is 1. The Morgan fingerprint density at radius 1 is 1.19 bits per heavy atom. The molecule has 1 amide bonds. The molecule has 0 fully saturated rings. The molecule has 1 unspecified atom stereocenters. The molecule has 2 aromatic rings. The van der Waals surface area contributed by atoms with Gasteiger partial charge >= 0.3 is 0 Å². The van der Waals surface area contributed by atoms with E-state index in [4.69, 9.17) is 0 Å². The highest BCUT2D eigenvalue weighted by Gasteiger charge is 2.11. The van der Waals surface area contributed by atoms with Gasteiger partial charge in [-0.3, -0.25) is 4.79 Å². The van der Waals surface area contributed by atoms with Gasteiger partial charge in [0.2, 0.25) is 0 Å². The Hall–Kier alpha value is -1.81. The van der Waals surface area contributed by atoms with Gasteiger partial charge in [-0.25, -0.2) is 0 Å². The van der Waals surface area contributed by atoms with Crippen LogP contribution >= 0.6 is 11.3 Å². The van der Waals surface area contributed by atoms with E-state index in [0.717, 1.165) is 18.7 Å². The summed E-state index contributed by atoms with van der Waals surface area (Å²) in [7, 11) is 0. The Bertz CT molecular complexity index is 589. The Labute approximate surface area is 130 Å². The van der Waals surface area contributed by atoms with Crippen molar-refractivity contribution < 1.29 is 4.79 Å². The predicted molar refractivity (Wildman–Crippen MR) is 90.3 cm³/mol. The van der Waals surface area contributed by atoms with Crippen molar-refractivity contribution in [2.24, 2.45) is 0 Å². The minimum atomic E-state index is -0.0150. The lowest BCUT2D eigenvalue weighted by Crippen LogP contribution is -2.33. The highest BCUT2D eigenvalue weighted by Crippen LogP contribution is 2.17. The first kappa shape index (κ1) is 15.6. The van der Waals surface area contributed by atoms with Crippen LogP contribution in [-0.4, -0.2) is 18.5 Å². The van der Waals surface area contributed by atoms with Crippen molar-refractivity contribution in [3.05, 3.63) is 51.7 Å². The zero-order chi connectivity index (χ0) is 15.2. The minimum absolute atomic E-state index is 0.0150. The van der Waals surface area contributed by atoms with E-state index in [9.17, 15) is 4.79 Å². The fourth-order valence-corrected chi connectivity index (χ4v) is 3.22. The lowest BCUT2D eigenvalue weighted by atomic mass is 10.1. The van der Waals surface area contributed by atoms with Crippen molar-refractivity contribution in [2.45, 2.75) is 33.2 Å². The van der Waals surface area contributed by atoms with Gasteiger partial charge in [-0.1, -0.05) is 0 Å². The van der Waals surface area contributed by atoms with Gasteiger partial charge in [0.15, 0.2) is 0 Å². The van der Waals surface area contributed by atoms with Gasteiger partial charge in [0.1, 0.15) is 0 Å². The zero-order valence-corrected chi connectivity index (χ0v) is 13.6. The monoisotopic (exact) mass is 302 g/mol. The second kappa shape index (κ2) is 7.27. The molecular weight excluding hydrogens is 280 g/mol. The number of hydrogen-bond acceptors (Lipinski definition) is 3. The van der Waals surface area contributed by atoms with Gasteiger partial charge in [-0.05, 0) is 57.2 Å². The van der Waals surface area contributed by atoms with Crippen molar-refractivity contribution in [2.75, 3.05) is 11.9 Å². The largest absolute Gasteiger partial charge is 0.385 e. The van der Waals surface area contributed by atoms with Crippen LogP contribution in [0.5, 0.6) is 0 Å². The van der Waals surface area contributed by atoms with E-state index in [2.05, 4.69) is 36.6 Å². The molecule has 3 nitrogen and oxygen atoms in total. The Balaban J connectivity index is 1.90. The van der Waals surface area contributed by atoms with Crippen LogP contribution < -0.4 is 10.6 Å². The Morgan fingerprint density at radius 3 is 2.48 bits per heavy atom. The van der Waals surface area contributed by atoms with E-state index in [-0.39, 0.29) is 11.9 Å². The van der Waals surface area contributed by atoms with Crippen LogP contribution in [0.2, 0.25) is 0 Å². The molecule has 21 heavy (non-hydrogen) atoms. The molecule has 0 aliphatic heterocycles. The summed E-state index contributed by atoms with van der Waals surface area (Å²) in [4.78, 5) is 14.8. The molecule has 0 bridgehead atoms. The van der Waals surface area contributed by atoms with E-state index in [0.29, 0.717) is 5.56 Å². The molecule has 112 valence electrons. The number of thiophene rings is 1. The average Bonchev–Trinajstić information content (AvgIpc) is 2.85. The molecule has 1 heterocycles. The number of amides is 1. The van der Waals surface area contributed by atoms with Crippen molar-refractivity contribution >= 4 is 22.9 Å². The molecule has 1 aromatic carbocycles. The van der Waals surface area contributed by atoms with Crippen molar-refractivity contribution in [1.29, 1.82) is 0 Å². The van der Waals surface area contributed by atoms with Crippen LogP contribution in [0.15, 0.2) is 36.4 Å². The number of carbonyl (C=O) groups excluding carboxylic acids is 1. The van der Waals surface area contributed by atoms with Crippen LogP contribution in [0, 0.1) is 6.92 Å². The van der Waals surface area contributed by atoms with Crippen LogP contribution in [0.3, 0.4) is 0 Å². The highest BCUT2D eigenvalue weighted by atomic mass is 32.1. The Kier molecular flexibility index (Phi) is 5.39. The molecule has 2 N–H and O–H groups in total. The van der Waals surface area contributed by atoms with E-state index < -0.39 is 0 Å². The summed E-state index contributed by atoms with van der Waals surface area (Å²) in [5.74, 6) is -0.0150. The van der Waals surface area contributed by atoms with E-state index in [1.165, 1.54) is 9.75 Å². The summed E-state index contributed by atoms with van der Waals surface area (Å²) >= 11 is 1.79. The molecule has 4 heteroatoms. The lowest BCUT2D eigenvalue weighted by molar-refractivity contribution is 0.0940. The topological polar surface area (TPSA) is 41.1 Å². The summed E-state index contributed by atoms with van der Waals surface area (Å²) in [5, 5.41) is 6.27. The summed E-state index contributed by atoms with van der Waals surface area (Å²) in [6, 6.07) is 12.0. The molecule has 1 atom stereocenters. The van der Waals surface area contributed by atoms with Gasteiger partial charge in [0.25, 0.3) is 5.91 Å². The second-order valence-corrected chi connectivity index (χ2v) is 6.57. The van der Waals surface area contributed by atoms with E-state index in [1.54, 1.807) is 11.3 Å². The number of aryl methyl sites for hydroxylation is 1.